The number of nitrogens with zero attached hydrogens (tertiary/aromatic N) is 6. The lowest BCUT2D eigenvalue weighted by molar-refractivity contribution is -0.134. The van der Waals surface area contributed by atoms with Crippen LogP contribution in [-0.4, -0.2) is 71.3 Å². The van der Waals surface area contributed by atoms with Crippen molar-refractivity contribution in [2.24, 2.45) is 0 Å². The summed E-state index contributed by atoms with van der Waals surface area (Å²) in [6.07, 6.45) is 6.29. The van der Waals surface area contributed by atoms with E-state index in [1.54, 1.807) is 35.5 Å². The summed E-state index contributed by atoms with van der Waals surface area (Å²) in [6, 6.07) is 13.7. The van der Waals surface area contributed by atoms with Crippen LogP contribution in [0.2, 0.25) is 5.02 Å². The zero-order valence-corrected chi connectivity index (χ0v) is 25.0. The van der Waals surface area contributed by atoms with E-state index in [1.165, 1.54) is 22.6 Å². The van der Waals surface area contributed by atoms with Crippen molar-refractivity contribution in [2.75, 3.05) is 43.4 Å². The number of fused-ring (bicyclic) bond motifs is 6. The molecule has 1 fully saturated rings. The maximum atomic E-state index is 13.2. The number of piperazine rings is 1. The van der Waals surface area contributed by atoms with Crippen molar-refractivity contribution in [1.29, 1.82) is 0 Å². The summed E-state index contributed by atoms with van der Waals surface area (Å²) in [4.78, 5) is 31.1. The highest BCUT2D eigenvalue weighted by Crippen LogP contribution is 2.31. The molecule has 2 aromatic heterocycles. The fourth-order valence-electron chi connectivity index (χ4n) is 5.06. The Morgan fingerprint density at radius 2 is 1.82 bits per heavy atom. The number of para-hydroxylation sites is 1. The van der Waals surface area contributed by atoms with E-state index in [4.69, 9.17) is 22.9 Å². The summed E-state index contributed by atoms with van der Waals surface area (Å²) >= 11 is 6.36. The van der Waals surface area contributed by atoms with E-state index in [0.29, 0.717) is 35.4 Å². The van der Waals surface area contributed by atoms with Crippen LogP contribution in [0.15, 0.2) is 72.0 Å². The number of anilines is 4. The molecular formula is C30H27ClN8O4S. The second-order valence-electron chi connectivity index (χ2n) is 10.2. The van der Waals surface area contributed by atoms with E-state index in [2.05, 4.69) is 30.4 Å². The largest absolute Gasteiger partial charge is 0.483 e. The number of aromatic nitrogens is 3. The van der Waals surface area contributed by atoms with Gasteiger partial charge in [-0.15, -0.1) is 0 Å². The van der Waals surface area contributed by atoms with Crippen molar-refractivity contribution in [3.63, 3.8) is 0 Å². The van der Waals surface area contributed by atoms with E-state index < -0.39 is 10.0 Å². The number of nitrogens with one attached hydrogen (secondary N) is 2. The highest BCUT2D eigenvalue weighted by atomic mass is 35.5. The number of rotatable bonds is 5. The Morgan fingerprint density at radius 3 is 2.64 bits per heavy atom. The number of hydrogen-bond donors (Lipinski definition) is 2. The van der Waals surface area contributed by atoms with Gasteiger partial charge in [0.05, 0.1) is 29.5 Å². The molecule has 4 heterocycles. The number of halogens is 1. The predicted octanol–water partition coefficient (Wildman–Crippen LogP) is 4.57. The summed E-state index contributed by atoms with van der Waals surface area (Å²) in [6.45, 7) is 7.80. The van der Waals surface area contributed by atoms with Crippen LogP contribution in [0.1, 0.15) is 11.1 Å². The molecule has 0 radical (unpaired) electrons. The molecule has 0 saturated carbocycles. The highest BCUT2D eigenvalue weighted by molar-refractivity contribution is 7.89. The van der Waals surface area contributed by atoms with Gasteiger partial charge in [-0.25, -0.2) is 18.2 Å². The van der Waals surface area contributed by atoms with Gasteiger partial charge < -0.3 is 20.3 Å². The van der Waals surface area contributed by atoms with Gasteiger partial charge in [-0.1, -0.05) is 35.9 Å². The monoisotopic (exact) mass is 630 g/mol. The lowest BCUT2D eigenvalue weighted by Gasteiger charge is -2.34. The molecule has 2 aliphatic rings. The summed E-state index contributed by atoms with van der Waals surface area (Å²) in [7, 11) is -3.85. The molecule has 6 bridgehead atoms. The van der Waals surface area contributed by atoms with Crippen molar-refractivity contribution in [3.05, 3.63) is 94.7 Å². The molecule has 2 aromatic carbocycles. The van der Waals surface area contributed by atoms with Crippen LogP contribution >= 0.6 is 11.6 Å². The van der Waals surface area contributed by atoms with Crippen LogP contribution in [0.4, 0.5) is 28.8 Å². The fourth-order valence-corrected chi connectivity index (χ4v) is 6.75. The Kier molecular flexibility index (Phi) is 8.30. The molecule has 0 spiro atoms. The molecule has 44 heavy (non-hydrogen) atoms. The van der Waals surface area contributed by atoms with Gasteiger partial charge in [-0.3, -0.25) is 9.78 Å². The van der Waals surface area contributed by atoms with Crippen molar-refractivity contribution >= 4 is 56.4 Å². The first kappa shape index (κ1) is 29.3. The normalized spacial score (nSPS) is 15.0. The Labute approximate surface area is 259 Å². The Bertz CT molecular complexity index is 1870. The van der Waals surface area contributed by atoms with Gasteiger partial charge >= 0.3 is 0 Å². The quantitative estimate of drug-likeness (QED) is 0.304. The number of aryl methyl sites for hydroxylation is 2. The minimum Gasteiger partial charge on any atom is -0.483 e. The Hall–Kier alpha value is -4.77. The molecule has 1 amide bonds. The lowest BCUT2D eigenvalue weighted by Crippen LogP contribution is -2.51. The third-order valence-corrected chi connectivity index (χ3v) is 9.57. The topological polar surface area (TPSA) is 134 Å². The zero-order chi connectivity index (χ0) is 30.7. The average Bonchev–Trinajstić information content (AvgIpc) is 3.05. The lowest BCUT2D eigenvalue weighted by atomic mass is 10.0. The van der Waals surface area contributed by atoms with Crippen molar-refractivity contribution < 1.29 is 17.9 Å². The van der Waals surface area contributed by atoms with Gasteiger partial charge in [-0.2, -0.15) is 9.29 Å². The SMILES string of the molecule is [C-]#[N+]c1ccccc1S(=O)(=O)N1CCN(C(=O)COc2ccc3cc2CCc2cncc(c2)Nc2ncc(Cl)c(n2)N3)CC1. The van der Waals surface area contributed by atoms with E-state index in [9.17, 15) is 13.2 Å². The van der Waals surface area contributed by atoms with Crippen LogP contribution in [-0.2, 0) is 27.7 Å². The number of ether oxygens (including phenoxy) is 1. The highest BCUT2D eigenvalue weighted by Gasteiger charge is 2.31. The molecular weight excluding hydrogens is 604 g/mol. The third-order valence-electron chi connectivity index (χ3n) is 7.35. The van der Waals surface area contributed by atoms with Crippen LogP contribution in [0.5, 0.6) is 5.75 Å². The summed E-state index contributed by atoms with van der Waals surface area (Å²) in [5.41, 5.74) is 3.43. The Balaban J connectivity index is 1.14. The summed E-state index contributed by atoms with van der Waals surface area (Å²) in [5.74, 6) is 1.12. The van der Waals surface area contributed by atoms with Crippen LogP contribution in [0.25, 0.3) is 4.85 Å². The number of hydrogen-bond acceptors (Lipinski definition) is 9. The fraction of sp³-hybridized carbons (Fsp3) is 0.233. The number of sulfonamides is 1. The van der Waals surface area contributed by atoms with E-state index in [0.717, 1.165) is 22.5 Å². The molecule has 1 saturated heterocycles. The molecule has 12 nitrogen and oxygen atoms in total. The molecule has 2 N–H and O–H groups in total. The number of pyridine rings is 1. The van der Waals surface area contributed by atoms with Crippen LogP contribution in [0.3, 0.4) is 0 Å². The maximum absolute atomic E-state index is 13.2. The van der Waals surface area contributed by atoms with E-state index >= 15 is 0 Å². The molecule has 6 rings (SSSR count). The maximum Gasteiger partial charge on any atom is 0.260 e. The number of carbonyl (C=O) groups is 1. The second kappa shape index (κ2) is 12.5. The number of amides is 1. The standard InChI is InChI=1S/C30H27ClN8O4S/c1-32-25-4-2-3-5-27(25)44(41,42)39-12-10-38(11-13-39)28(40)19-43-26-9-8-22-15-21(26)7-6-20-14-23(17-33-16-20)36-30-34-18-24(31)29(35-22)37-30/h2-5,8-9,14-18H,6-7,10-13,19H2,(H2,34,35,36,37). The molecule has 224 valence electrons. The smallest absolute Gasteiger partial charge is 0.260 e. The molecule has 14 heteroatoms. The predicted molar refractivity (Wildman–Crippen MR) is 165 cm³/mol. The first-order valence-corrected chi connectivity index (χ1v) is 15.6. The third kappa shape index (κ3) is 6.28. The van der Waals surface area contributed by atoms with Crippen LogP contribution in [0, 0.1) is 6.57 Å². The van der Waals surface area contributed by atoms with Gasteiger partial charge in [0.15, 0.2) is 12.4 Å². The van der Waals surface area contributed by atoms with Crippen molar-refractivity contribution in [3.8, 4) is 5.75 Å². The Morgan fingerprint density at radius 1 is 1.00 bits per heavy atom. The molecule has 0 aliphatic carbocycles. The second-order valence-corrected chi connectivity index (χ2v) is 12.5. The molecule has 0 unspecified atom stereocenters. The molecule has 0 atom stereocenters. The zero-order valence-electron chi connectivity index (χ0n) is 23.4. The van der Waals surface area contributed by atoms with Gasteiger partial charge in [0.2, 0.25) is 21.7 Å². The van der Waals surface area contributed by atoms with E-state index in [1.807, 2.05) is 18.2 Å². The minimum absolute atomic E-state index is 0.0219. The van der Waals surface area contributed by atoms with E-state index in [-0.39, 0.29) is 49.3 Å². The number of carbonyl (C=O) groups excluding carboxylic acids is 1. The van der Waals surface area contributed by atoms with Gasteiger partial charge in [0.1, 0.15) is 10.8 Å². The van der Waals surface area contributed by atoms with Gasteiger partial charge in [-0.05, 0) is 48.2 Å². The van der Waals surface area contributed by atoms with Gasteiger partial charge in [0, 0.05) is 38.1 Å². The van der Waals surface area contributed by atoms with Crippen LogP contribution < -0.4 is 15.4 Å². The summed E-state index contributed by atoms with van der Waals surface area (Å²) in [5, 5.41) is 6.75. The van der Waals surface area contributed by atoms with Crippen molar-refractivity contribution in [2.45, 2.75) is 17.7 Å². The first-order valence-electron chi connectivity index (χ1n) is 13.8. The van der Waals surface area contributed by atoms with Gasteiger partial charge in [0.25, 0.3) is 5.91 Å². The first-order chi connectivity index (χ1) is 21.3. The van der Waals surface area contributed by atoms with Crippen molar-refractivity contribution in [1.82, 2.24) is 24.2 Å². The number of benzene rings is 2. The average molecular weight is 631 g/mol. The summed E-state index contributed by atoms with van der Waals surface area (Å²) < 4.78 is 33.7. The molecule has 2 aliphatic heterocycles. The minimum atomic E-state index is -3.85. The molecule has 4 aromatic rings.